The van der Waals surface area contributed by atoms with Crippen LogP contribution in [0.4, 0.5) is 4.39 Å². The Hall–Kier alpha value is -2.69. The third-order valence-corrected chi connectivity index (χ3v) is 3.32. The fraction of sp³-hybridized carbons (Fsp3) is 0.125. The molecule has 0 fully saturated rings. The Morgan fingerprint density at radius 3 is 2.62 bits per heavy atom. The number of aromatic nitrogens is 1. The van der Waals surface area contributed by atoms with Crippen LogP contribution in [0, 0.1) is 19.7 Å². The van der Waals surface area contributed by atoms with Crippen molar-refractivity contribution >= 4 is 16.9 Å². The van der Waals surface area contributed by atoms with Gasteiger partial charge in [-0.05, 0) is 38.1 Å². The number of nitrogens with zero attached hydrogens (tertiary/aromatic N) is 1. The van der Waals surface area contributed by atoms with Gasteiger partial charge in [0, 0.05) is 17.0 Å². The normalized spacial score (nSPS) is 11.0. The molecule has 0 saturated carbocycles. The SMILES string of the molecule is Cc1cc(-c2cc(C(=O)O)c3ccc(F)cc3n2)c(C)o1. The number of pyridine rings is 1. The van der Waals surface area contributed by atoms with Gasteiger partial charge in [0.1, 0.15) is 17.3 Å². The van der Waals surface area contributed by atoms with Crippen LogP contribution < -0.4 is 0 Å². The van der Waals surface area contributed by atoms with Gasteiger partial charge < -0.3 is 9.52 Å². The molecule has 0 spiro atoms. The number of hydrogen-bond donors (Lipinski definition) is 1. The summed E-state index contributed by atoms with van der Waals surface area (Å²) >= 11 is 0. The molecule has 1 N–H and O–H groups in total. The van der Waals surface area contributed by atoms with Gasteiger partial charge in [0.25, 0.3) is 0 Å². The van der Waals surface area contributed by atoms with E-state index in [2.05, 4.69) is 4.98 Å². The molecular formula is C16H12FNO3. The number of hydrogen-bond acceptors (Lipinski definition) is 3. The molecule has 4 nitrogen and oxygen atoms in total. The summed E-state index contributed by atoms with van der Waals surface area (Å²) in [4.78, 5) is 15.8. The van der Waals surface area contributed by atoms with Gasteiger partial charge in [-0.3, -0.25) is 0 Å². The second kappa shape index (κ2) is 4.70. The molecule has 1 aromatic carbocycles. The molecule has 0 saturated heterocycles. The van der Waals surface area contributed by atoms with E-state index in [4.69, 9.17) is 4.42 Å². The molecule has 0 radical (unpaired) electrons. The molecule has 21 heavy (non-hydrogen) atoms. The molecule has 0 aliphatic rings. The van der Waals surface area contributed by atoms with E-state index < -0.39 is 11.8 Å². The predicted octanol–water partition coefficient (Wildman–Crippen LogP) is 3.95. The molecule has 0 aliphatic heterocycles. The highest BCUT2D eigenvalue weighted by molar-refractivity contribution is 6.03. The Kier molecular flexibility index (Phi) is 2.97. The monoisotopic (exact) mass is 285 g/mol. The molecule has 5 heteroatoms. The molecule has 3 aromatic rings. The summed E-state index contributed by atoms with van der Waals surface area (Å²) < 4.78 is 18.8. The number of carbonyl (C=O) groups is 1. The molecule has 106 valence electrons. The molecule has 3 rings (SSSR count). The number of halogens is 1. The summed E-state index contributed by atoms with van der Waals surface area (Å²) in [5, 5.41) is 9.76. The van der Waals surface area contributed by atoms with Gasteiger partial charge in [-0.15, -0.1) is 0 Å². The standard InChI is InChI=1S/C16H12FNO3/c1-8-5-12(9(2)21-8)15-7-13(16(19)20)11-4-3-10(17)6-14(11)18-15/h3-7H,1-2H3,(H,19,20). The summed E-state index contributed by atoms with van der Waals surface area (Å²) in [5.74, 6) is -0.177. The van der Waals surface area contributed by atoms with E-state index in [9.17, 15) is 14.3 Å². The highest BCUT2D eigenvalue weighted by Crippen LogP contribution is 2.29. The lowest BCUT2D eigenvalue weighted by Gasteiger charge is -2.06. The Morgan fingerprint density at radius 1 is 1.24 bits per heavy atom. The molecule has 0 amide bonds. The van der Waals surface area contributed by atoms with Crippen molar-refractivity contribution in [2.24, 2.45) is 0 Å². The van der Waals surface area contributed by atoms with E-state index in [1.807, 2.05) is 0 Å². The molecule has 0 unspecified atom stereocenters. The van der Waals surface area contributed by atoms with Crippen molar-refractivity contribution in [1.82, 2.24) is 4.98 Å². The molecule has 0 atom stereocenters. The summed E-state index contributed by atoms with van der Waals surface area (Å²) in [7, 11) is 0. The van der Waals surface area contributed by atoms with Crippen LogP contribution in [0.1, 0.15) is 21.9 Å². The highest BCUT2D eigenvalue weighted by atomic mass is 19.1. The molecule has 0 aliphatic carbocycles. The topological polar surface area (TPSA) is 63.3 Å². The first kappa shape index (κ1) is 13.3. The van der Waals surface area contributed by atoms with Crippen LogP contribution in [0.25, 0.3) is 22.2 Å². The number of rotatable bonds is 2. The number of carboxylic acids is 1. The van der Waals surface area contributed by atoms with Crippen LogP contribution in [-0.4, -0.2) is 16.1 Å². The minimum absolute atomic E-state index is 0.0910. The lowest BCUT2D eigenvalue weighted by atomic mass is 10.0. The molecule has 2 heterocycles. The van der Waals surface area contributed by atoms with Gasteiger partial charge in [-0.2, -0.15) is 0 Å². The third kappa shape index (κ3) is 2.27. The fourth-order valence-corrected chi connectivity index (χ4v) is 2.40. The van der Waals surface area contributed by atoms with Crippen molar-refractivity contribution in [2.75, 3.05) is 0 Å². The average molecular weight is 285 g/mol. The molecular weight excluding hydrogens is 273 g/mol. The van der Waals surface area contributed by atoms with Crippen LogP contribution in [-0.2, 0) is 0 Å². The van der Waals surface area contributed by atoms with E-state index in [-0.39, 0.29) is 5.56 Å². The van der Waals surface area contributed by atoms with Crippen LogP contribution in [0.15, 0.2) is 34.7 Å². The Balaban J connectivity index is 2.34. The summed E-state index contributed by atoms with van der Waals surface area (Å²) in [5.41, 5.74) is 1.57. The third-order valence-electron chi connectivity index (χ3n) is 3.32. The minimum Gasteiger partial charge on any atom is -0.478 e. The van der Waals surface area contributed by atoms with E-state index in [1.165, 1.54) is 24.3 Å². The first-order valence-corrected chi connectivity index (χ1v) is 6.36. The Bertz CT molecular complexity index is 867. The van der Waals surface area contributed by atoms with Crippen molar-refractivity contribution in [3.63, 3.8) is 0 Å². The zero-order valence-electron chi connectivity index (χ0n) is 11.5. The van der Waals surface area contributed by atoms with E-state index in [0.717, 1.165) is 0 Å². The van der Waals surface area contributed by atoms with Crippen LogP contribution in [0.2, 0.25) is 0 Å². The Morgan fingerprint density at radius 2 is 2.00 bits per heavy atom. The maximum Gasteiger partial charge on any atom is 0.336 e. The molecule has 2 aromatic heterocycles. The highest BCUT2D eigenvalue weighted by Gasteiger charge is 2.16. The minimum atomic E-state index is -1.08. The number of benzene rings is 1. The predicted molar refractivity (Wildman–Crippen MR) is 75.8 cm³/mol. The first-order chi connectivity index (χ1) is 9.95. The maximum absolute atomic E-state index is 13.4. The first-order valence-electron chi connectivity index (χ1n) is 6.36. The van der Waals surface area contributed by atoms with Gasteiger partial charge in [-0.25, -0.2) is 14.2 Å². The van der Waals surface area contributed by atoms with Crippen molar-refractivity contribution in [3.05, 3.63) is 53.2 Å². The number of aromatic carboxylic acids is 1. The summed E-state index contributed by atoms with van der Waals surface area (Å²) in [6, 6.07) is 7.16. The maximum atomic E-state index is 13.4. The van der Waals surface area contributed by atoms with Crippen LogP contribution in [0.3, 0.4) is 0 Å². The van der Waals surface area contributed by atoms with Crippen molar-refractivity contribution in [3.8, 4) is 11.3 Å². The number of aryl methyl sites for hydroxylation is 2. The van der Waals surface area contributed by atoms with E-state index >= 15 is 0 Å². The number of fused-ring (bicyclic) bond motifs is 1. The number of carboxylic acid groups (broad SMARTS) is 1. The van der Waals surface area contributed by atoms with Gasteiger partial charge in [0.05, 0.1) is 16.8 Å². The van der Waals surface area contributed by atoms with E-state index in [1.54, 1.807) is 19.9 Å². The van der Waals surface area contributed by atoms with Gasteiger partial charge >= 0.3 is 5.97 Å². The Labute approximate surface area is 119 Å². The van der Waals surface area contributed by atoms with Crippen molar-refractivity contribution in [1.29, 1.82) is 0 Å². The van der Waals surface area contributed by atoms with Gasteiger partial charge in [-0.1, -0.05) is 0 Å². The van der Waals surface area contributed by atoms with Crippen LogP contribution >= 0.6 is 0 Å². The smallest absolute Gasteiger partial charge is 0.336 e. The second-order valence-corrected chi connectivity index (χ2v) is 4.85. The summed E-state index contributed by atoms with van der Waals surface area (Å²) in [6.45, 7) is 3.58. The zero-order chi connectivity index (χ0) is 15.1. The van der Waals surface area contributed by atoms with E-state index in [0.29, 0.717) is 33.7 Å². The second-order valence-electron chi connectivity index (χ2n) is 4.85. The van der Waals surface area contributed by atoms with Gasteiger partial charge in [0.15, 0.2) is 0 Å². The number of furan rings is 1. The molecule has 0 bridgehead atoms. The summed E-state index contributed by atoms with van der Waals surface area (Å²) in [6.07, 6.45) is 0. The van der Waals surface area contributed by atoms with Crippen molar-refractivity contribution in [2.45, 2.75) is 13.8 Å². The van der Waals surface area contributed by atoms with Crippen LogP contribution in [0.5, 0.6) is 0 Å². The van der Waals surface area contributed by atoms with Crippen molar-refractivity contribution < 1.29 is 18.7 Å². The zero-order valence-corrected chi connectivity index (χ0v) is 11.5. The average Bonchev–Trinajstić information content (AvgIpc) is 2.75. The lowest BCUT2D eigenvalue weighted by molar-refractivity contribution is 0.0699. The lowest BCUT2D eigenvalue weighted by Crippen LogP contribution is -2.00. The fourth-order valence-electron chi connectivity index (χ4n) is 2.40. The quantitative estimate of drug-likeness (QED) is 0.774. The van der Waals surface area contributed by atoms with Gasteiger partial charge in [0.2, 0.25) is 0 Å². The largest absolute Gasteiger partial charge is 0.478 e.